The maximum atomic E-state index is 11.2. The molecule has 2 amide bonds. The molecule has 0 spiro atoms. The molecular formula is C8H13N3O. The molecule has 1 fully saturated rings. The molecule has 4 heteroatoms. The number of carbonyl (C=O) groups is 1. The number of amides is 2. The highest BCUT2D eigenvalue weighted by atomic mass is 16.2. The molecule has 0 saturated carbocycles. The Labute approximate surface area is 72.2 Å². The van der Waals surface area contributed by atoms with Crippen LogP contribution in [0.4, 0.5) is 4.79 Å². The SMILES string of the molecule is N#CCNC(=O)N1CCCCC1. The Balaban J connectivity index is 2.26. The molecule has 0 aromatic carbocycles. The molecule has 4 nitrogen and oxygen atoms in total. The van der Waals surface area contributed by atoms with E-state index in [-0.39, 0.29) is 12.6 Å². The number of carbonyl (C=O) groups excluding carboxylic acids is 1. The Morgan fingerprint density at radius 1 is 1.42 bits per heavy atom. The number of rotatable bonds is 1. The van der Waals surface area contributed by atoms with E-state index in [1.54, 1.807) is 4.90 Å². The summed E-state index contributed by atoms with van der Waals surface area (Å²) in [4.78, 5) is 13.0. The second-order valence-electron chi connectivity index (χ2n) is 2.86. The van der Waals surface area contributed by atoms with Crippen LogP contribution in [0.15, 0.2) is 0 Å². The summed E-state index contributed by atoms with van der Waals surface area (Å²) < 4.78 is 0. The van der Waals surface area contributed by atoms with E-state index in [9.17, 15) is 4.79 Å². The highest BCUT2D eigenvalue weighted by Gasteiger charge is 2.14. The van der Waals surface area contributed by atoms with Crippen molar-refractivity contribution < 1.29 is 4.79 Å². The van der Waals surface area contributed by atoms with Gasteiger partial charge in [-0.25, -0.2) is 4.79 Å². The monoisotopic (exact) mass is 167 g/mol. The molecular weight excluding hydrogens is 154 g/mol. The molecule has 0 aliphatic carbocycles. The van der Waals surface area contributed by atoms with E-state index in [0.29, 0.717) is 0 Å². The number of urea groups is 1. The quantitative estimate of drug-likeness (QED) is 0.584. The maximum absolute atomic E-state index is 11.2. The lowest BCUT2D eigenvalue weighted by atomic mass is 10.1. The van der Waals surface area contributed by atoms with Gasteiger partial charge < -0.3 is 10.2 Å². The summed E-state index contributed by atoms with van der Waals surface area (Å²) in [6.45, 7) is 1.77. The summed E-state index contributed by atoms with van der Waals surface area (Å²) in [5.74, 6) is 0. The van der Waals surface area contributed by atoms with Gasteiger partial charge >= 0.3 is 6.03 Å². The standard InChI is InChI=1S/C8H13N3O/c9-4-5-10-8(12)11-6-2-1-3-7-11/h1-3,5-7H2,(H,10,12). The molecule has 0 bridgehead atoms. The third-order valence-electron chi connectivity index (χ3n) is 1.96. The molecule has 1 N–H and O–H groups in total. The lowest BCUT2D eigenvalue weighted by Crippen LogP contribution is -2.42. The molecule has 0 unspecified atom stereocenters. The lowest BCUT2D eigenvalue weighted by Gasteiger charge is -2.26. The van der Waals surface area contributed by atoms with Crippen molar-refractivity contribution in [2.24, 2.45) is 0 Å². The van der Waals surface area contributed by atoms with Crippen LogP contribution in [-0.4, -0.2) is 30.6 Å². The molecule has 1 aliphatic rings. The van der Waals surface area contributed by atoms with Crippen LogP contribution < -0.4 is 5.32 Å². The fourth-order valence-corrected chi connectivity index (χ4v) is 1.32. The van der Waals surface area contributed by atoms with Gasteiger partial charge in [0.25, 0.3) is 0 Å². The summed E-state index contributed by atoms with van der Waals surface area (Å²) in [6, 6.07) is 1.78. The largest absolute Gasteiger partial charge is 0.325 e. The molecule has 0 aromatic heterocycles. The van der Waals surface area contributed by atoms with Gasteiger partial charge in [0.15, 0.2) is 0 Å². The minimum atomic E-state index is -0.101. The summed E-state index contributed by atoms with van der Waals surface area (Å²) in [7, 11) is 0. The van der Waals surface area contributed by atoms with Gasteiger partial charge in [-0.15, -0.1) is 0 Å². The minimum absolute atomic E-state index is 0.101. The zero-order valence-electron chi connectivity index (χ0n) is 7.05. The van der Waals surface area contributed by atoms with Crippen molar-refractivity contribution in [3.63, 3.8) is 0 Å². The van der Waals surface area contributed by atoms with E-state index < -0.39 is 0 Å². The van der Waals surface area contributed by atoms with Crippen molar-refractivity contribution in [1.29, 1.82) is 5.26 Å². The zero-order valence-corrected chi connectivity index (χ0v) is 7.05. The van der Waals surface area contributed by atoms with Gasteiger partial charge in [0.2, 0.25) is 0 Å². The summed E-state index contributed by atoms with van der Waals surface area (Å²) in [5, 5.41) is 10.8. The van der Waals surface area contributed by atoms with E-state index in [0.717, 1.165) is 25.9 Å². The number of nitriles is 1. The molecule has 0 radical (unpaired) electrons. The number of hydrogen-bond acceptors (Lipinski definition) is 2. The van der Waals surface area contributed by atoms with Gasteiger partial charge in [-0.3, -0.25) is 0 Å². The van der Waals surface area contributed by atoms with Crippen molar-refractivity contribution >= 4 is 6.03 Å². The van der Waals surface area contributed by atoms with E-state index in [1.165, 1.54) is 6.42 Å². The first kappa shape index (κ1) is 8.85. The fraction of sp³-hybridized carbons (Fsp3) is 0.750. The van der Waals surface area contributed by atoms with Crippen LogP contribution in [0.25, 0.3) is 0 Å². The highest BCUT2D eigenvalue weighted by molar-refractivity contribution is 5.74. The number of likely N-dealkylation sites (tertiary alicyclic amines) is 1. The Morgan fingerprint density at radius 3 is 2.67 bits per heavy atom. The predicted octanol–water partition coefficient (Wildman–Crippen LogP) is 0.705. The number of nitrogens with zero attached hydrogens (tertiary/aromatic N) is 2. The number of hydrogen-bond donors (Lipinski definition) is 1. The van der Waals surface area contributed by atoms with Crippen LogP contribution in [0.3, 0.4) is 0 Å². The zero-order chi connectivity index (χ0) is 8.81. The smallest absolute Gasteiger partial charge is 0.318 e. The molecule has 1 rings (SSSR count). The van der Waals surface area contributed by atoms with E-state index in [1.807, 2.05) is 6.07 Å². The molecule has 66 valence electrons. The van der Waals surface area contributed by atoms with Crippen LogP contribution in [0.1, 0.15) is 19.3 Å². The van der Waals surface area contributed by atoms with Gasteiger partial charge in [0.1, 0.15) is 6.54 Å². The average molecular weight is 167 g/mol. The Kier molecular flexibility index (Phi) is 3.39. The second-order valence-corrected chi connectivity index (χ2v) is 2.86. The normalized spacial score (nSPS) is 16.8. The van der Waals surface area contributed by atoms with E-state index in [4.69, 9.17) is 5.26 Å². The predicted molar refractivity (Wildman–Crippen MR) is 44.4 cm³/mol. The van der Waals surface area contributed by atoms with Gasteiger partial charge in [0, 0.05) is 13.1 Å². The van der Waals surface area contributed by atoms with E-state index in [2.05, 4.69) is 5.32 Å². The minimum Gasteiger partial charge on any atom is -0.325 e. The van der Waals surface area contributed by atoms with Gasteiger partial charge in [-0.1, -0.05) is 0 Å². The van der Waals surface area contributed by atoms with Gasteiger partial charge in [-0.2, -0.15) is 5.26 Å². The molecule has 12 heavy (non-hydrogen) atoms. The van der Waals surface area contributed by atoms with Crippen LogP contribution in [-0.2, 0) is 0 Å². The molecule has 1 saturated heterocycles. The number of piperidine rings is 1. The first-order valence-corrected chi connectivity index (χ1v) is 4.24. The second kappa shape index (κ2) is 4.60. The van der Waals surface area contributed by atoms with Crippen molar-refractivity contribution in [3.05, 3.63) is 0 Å². The topological polar surface area (TPSA) is 56.1 Å². The molecule has 0 aromatic rings. The van der Waals surface area contributed by atoms with Crippen molar-refractivity contribution in [2.45, 2.75) is 19.3 Å². The Hall–Kier alpha value is -1.24. The maximum Gasteiger partial charge on any atom is 0.318 e. The summed E-state index contributed by atoms with van der Waals surface area (Å²) in [5.41, 5.74) is 0. The Morgan fingerprint density at radius 2 is 2.08 bits per heavy atom. The highest BCUT2D eigenvalue weighted by Crippen LogP contribution is 2.07. The molecule has 1 heterocycles. The van der Waals surface area contributed by atoms with E-state index >= 15 is 0 Å². The Bertz CT molecular complexity index is 191. The fourth-order valence-electron chi connectivity index (χ4n) is 1.32. The van der Waals surface area contributed by atoms with Gasteiger partial charge in [0.05, 0.1) is 6.07 Å². The molecule has 0 atom stereocenters. The first-order valence-electron chi connectivity index (χ1n) is 4.24. The summed E-state index contributed by atoms with van der Waals surface area (Å²) in [6.07, 6.45) is 3.38. The van der Waals surface area contributed by atoms with Crippen molar-refractivity contribution in [2.75, 3.05) is 19.6 Å². The van der Waals surface area contributed by atoms with Crippen LogP contribution in [0, 0.1) is 11.3 Å². The average Bonchev–Trinajstić information content (AvgIpc) is 2.15. The van der Waals surface area contributed by atoms with Crippen LogP contribution in [0.5, 0.6) is 0 Å². The third-order valence-corrected chi connectivity index (χ3v) is 1.96. The van der Waals surface area contributed by atoms with Crippen molar-refractivity contribution in [3.8, 4) is 6.07 Å². The van der Waals surface area contributed by atoms with Crippen LogP contribution in [0.2, 0.25) is 0 Å². The number of nitrogens with one attached hydrogen (secondary N) is 1. The lowest BCUT2D eigenvalue weighted by molar-refractivity contribution is 0.187. The van der Waals surface area contributed by atoms with Crippen LogP contribution >= 0.6 is 0 Å². The third kappa shape index (κ3) is 2.42. The van der Waals surface area contributed by atoms with Crippen molar-refractivity contribution in [1.82, 2.24) is 10.2 Å². The van der Waals surface area contributed by atoms with Gasteiger partial charge in [-0.05, 0) is 19.3 Å². The molecule has 1 aliphatic heterocycles. The first-order chi connectivity index (χ1) is 5.84. The summed E-state index contributed by atoms with van der Waals surface area (Å²) >= 11 is 0.